The van der Waals surface area contributed by atoms with Crippen LogP contribution < -0.4 is 5.32 Å². The highest BCUT2D eigenvalue weighted by molar-refractivity contribution is 9.10. The van der Waals surface area contributed by atoms with E-state index in [1.165, 1.54) is 16.4 Å². The summed E-state index contributed by atoms with van der Waals surface area (Å²) in [6, 6.07) is 3.94. The number of halogens is 2. The first-order chi connectivity index (χ1) is 9.95. The van der Waals surface area contributed by atoms with Crippen molar-refractivity contribution >= 4 is 26.0 Å². The second kappa shape index (κ2) is 7.17. The topological polar surface area (TPSA) is 49.4 Å². The molecule has 7 heteroatoms. The van der Waals surface area contributed by atoms with Crippen LogP contribution in [0.4, 0.5) is 4.39 Å². The molecule has 0 atom stereocenters. The van der Waals surface area contributed by atoms with E-state index in [2.05, 4.69) is 21.2 Å². The van der Waals surface area contributed by atoms with Gasteiger partial charge in [0.05, 0.1) is 9.37 Å². The molecule has 0 unspecified atom stereocenters. The van der Waals surface area contributed by atoms with Gasteiger partial charge >= 0.3 is 0 Å². The van der Waals surface area contributed by atoms with Gasteiger partial charge in [-0.1, -0.05) is 6.92 Å². The van der Waals surface area contributed by atoms with Crippen LogP contribution in [0, 0.1) is 11.7 Å². The van der Waals surface area contributed by atoms with Crippen molar-refractivity contribution in [2.24, 2.45) is 5.92 Å². The average molecular weight is 379 g/mol. The zero-order valence-electron chi connectivity index (χ0n) is 12.0. The largest absolute Gasteiger partial charge is 0.317 e. The molecule has 1 aliphatic heterocycles. The summed E-state index contributed by atoms with van der Waals surface area (Å²) in [6.07, 6.45) is 1.95. The Morgan fingerprint density at radius 1 is 1.38 bits per heavy atom. The molecule has 1 aromatic carbocycles. The third-order valence-electron chi connectivity index (χ3n) is 3.80. The van der Waals surface area contributed by atoms with Crippen LogP contribution in [0.5, 0.6) is 0 Å². The molecule has 118 valence electrons. The standard InChI is InChI=1S/C14H20BrFN2O2S/c1-2-18(10-11-5-7-17-8-6-11)21(19,20)12-3-4-13(15)14(16)9-12/h3-4,9,11,17H,2,5-8,10H2,1H3. The first-order valence-electron chi connectivity index (χ1n) is 7.11. The first-order valence-corrected chi connectivity index (χ1v) is 9.34. The fourth-order valence-electron chi connectivity index (χ4n) is 2.54. The van der Waals surface area contributed by atoms with E-state index in [0.29, 0.717) is 19.0 Å². The lowest BCUT2D eigenvalue weighted by atomic mass is 9.98. The van der Waals surface area contributed by atoms with E-state index in [-0.39, 0.29) is 9.37 Å². The monoisotopic (exact) mass is 378 g/mol. The van der Waals surface area contributed by atoms with Crippen LogP contribution in [0.3, 0.4) is 0 Å². The van der Waals surface area contributed by atoms with Crippen molar-refractivity contribution in [3.63, 3.8) is 0 Å². The quantitative estimate of drug-likeness (QED) is 0.856. The van der Waals surface area contributed by atoms with Gasteiger partial charge in [0.2, 0.25) is 10.0 Å². The summed E-state index contributed by atoms with van der Waals surface area (Å²) in [5, 5.41) is 3.27. The fourth-order valence-corrected chi connectivity index (χ4v) is 4.32. The number of nitrogens with zero attached hydrogens (tertiary/aromatic N) is 1. The normalized spacial score (nSPS) is 17.3. The summed E-state index contributed by atoms with van der Waals surface area (Å²) in [5.74, 6) is -0.199. The van der Waals surface area contributed by atoms with E-state index in [4.69, 9.17) is 0 Å². The zero-order chi connectivity index (χ0) is 15.5. The van der Waals surface area contributed by atoms with Crippen molar-refractivity contribution in [3.8, 4) is 0 Å². The number of hydrogen-bond acceptors (Lipinski definition) is 3. The van der Waals surface area contributed by atoms with Crippen molar-refractivity contribution in [1.82, 2.24) is 9.62 Å². The molecule has 1 fully saturated rings. The van der Waals surface area contributed by atoms with E-state index in [1.807, 2.05) is 6.92 Å². The summed E-state index contributed by atoms with van der Waals surface area (Å²) < 4.78 is 40.6. The van der Waals surface area contributed by atoms with E-state index in [9.17, 15) is 12.8 Å². The minimum absolute atomic E-state index is 0.0129. The zero-order valence-corrected chi connectivity index (χ0v) is 14.4. The van der Waals surface area contributed by atoms with Crippen LogP contribution in [0.2, 0.25) is 0 Å². The number of benzene rings is 1. The summed E-state index contributed by atoms with van der Waals surface area (Å²) in [6.45, 7) is 4.56. The summed E-state index contributed by atoms with van der Waals surface area (Å²) in [4.78, 5) is 0.0129. The molecular formula is C14H20BrFN2O2S. The van der Waals surface area contributed by atoms with Crippen LogP contribution in [0.1, 0.15) is 19.8 Å². The second-order valence-electron chi connectivity index (χ2n) is 5.22. The van der Waals surface area contributed by atoms with Gasteiger partial charge in [-0.2, -0.15) is 4.31 Å². The van der Waals surface area contributed by atoms with Gasteiger partial charge in [-0.05, 0) is 66.0 Å². The molecule has 0 aliphatic carbocycles. The van der Waals surface area contributed by atoms with Crippen molar-refractivity contribution < 1.29 is 12.8 Å². The van der Waals surface area contributed by atoms with E-state index in [0.717, 1.165) is 32.0 Å². The Balaban J connectivity index is 2.19. The highest BCUT2D eigenvalue weighted by Crippen LogP contribution is 2.24. The summed E-state index contributed by atoms with van der Waals surface area (Å²) in [5.41, 5.74) is 0. The minimum atomic E-state index is -3.64. The molecule has 0 saturated carbocycles. The molecule has 1 aromatic rings. The molecule has 21 heavy (non-hydrogen) atoms. The van der Waals surface area contributed by atoms with Gasteiger partial charge in [-0.15, -0.1) is 0 Å². The van der Waals surface area contributed by atoms with Gasteiger partial charge in [0, 0.05) is 13.1 Å². The lowest BCUT2D eigenvalue weighted by Gasteiger charge is -2.28. The van der Waals surface area contributed by atoms with Gasteiger partial charge < -0.3 is 5.32 Å². The Morgan fingerprint density at radius 3 is 2.62 bits per heavy atom. The van der Waals surface area contributed by atoms with Crippen molar-refractivity contribution in [2.75, 3.05) is 26.2 Å². The molecule has 1 heterocycles. The number of sulfonamides is 1. The van der Waals surface area contributed by atoms with Crippen LogP contribution in [-0.2, 0) is 10.0 Å². The molecule has 0 radical (unpaired) electrons. The fraction of sp³-hybridized carbons (Fsp3) is 0.571. The van der Waals surface area contributed by atoms with Crippen molar-refractivity contribution in [1.29, 1.82) is 0 Å². The average Bonchev–Trinajstić information content (AvgIpc) is 2.48. The van der Waals surface area contributed by atoms with Crippen molar-refractivity contribution in [2.45, 2.75) is 24.7 Å². The minimum Gasteiger partial charge on any atom is -0.317 e. The third kappa shape index (κ3) is 4.03. The van der Waals surface area contributed by atoms with Crippen LogP contribution in [0.15, 0.2) is 27.6 Å². The smallest absolute Gasteiger partial charge is 0.243 e. The Hall–Kier alpha value is -0.500. The molecule has 1 aliphatic rings. The van der Waals surface area contributed by atoms with Gasteiger partial charge in [-0.25, -0.2) is 12.8 Å². The summed E-state index contributed by atoms with van der Waals surface area (Å²) >= 11 is 3.04. The number of nitrogens with one attached hydrogen (secondary N) is 1. The highest BCUT2D eigenvalue weighted by atomic mass is 79.9. The molecule has 0 amide bonds. The maximum absolute atomic E-state index is 13.6. The maximum Gasteiger partial charge on any atom is 0.243 e. The Kier molecular flexibility index (Phi) is 5.76. The summed E-state index contributed by atoms with van der Waals surface area (Å²) in [7, 11) is -3.64. The maximum atomic E-state index is 13.6. The molecule has 0 bridgehead atoms. The van der Waals surface area contributed by atoms with Crippen LogP contribution in [-0.4, -0.2) is 38.9 Å². The number of piperidine rings is 1. The highest BCUT2D eigenvalue weighted by Gasteiger charge is 2.27. The van der Waals surface area contributed by atoms with E-state index in [1.54, 1.807) is 0 Å². The second-order valence-corrected chi connectivity index (χ2v) is 8.02. The predicted octanol–water partition coefficient (Wildman–Crippen LogP) is 2.60. The first kappa shape index (κ1) is 16.9. The van der Waals surface area contributed by atoms with Crippen LogP contribution >= 0.6 is 15.9 Å². The Labute approximate surface area is 133 Å². The van der Waals surface area contributed by atoms with Gasteiger partial charge in [0.15, 0.2) is 0 Å². The van der Waals surface area contributed by atoms with E-state index >= 15 is 0 Å². The molecule has 4 nitrogen and oxygen atoms in total. The van der Waals surface area contributed by atoms with Gasteiger partial charge in [0.25, 0.3) is 0 Å². The third-order valence-corrected chi connectivity index (χ3v) is 6.38. The van der Waals surface area contributed by atoms with Gasteiger partial charge in [-0.3, -0.25) is 0 Å². The molecular weight excluding hydrogens is 359 g/mol. The number of rotatable bonds is 5. The molecule has 0 spiro atoms. The SMILES string of the molecule is CCN(CC1CCNCC1)S(=O)(=O)c1ccc(Br)c(F)c1. The van der Waals surface area contributed by atoms with E-state index < -0.39 is 15.8 Å². The molecule has 1 N–H and O–H groups in total. The lowest BCUT2D eigenvalue weighted by molar-refractivity contribution is 0.294. The predicted molar refractivity (Wildman–Crippen MR) is 84.1 cm³/mol. The van der Waals surface area contributed by atoms with Gasteiger partial charge in [0.1, 0.15) is 5.82 Å². The van der Waals surface area contributed by atoms with Crippen LogP contribution in [0.25, 0.3) is 0 Å². The Morgan fingerprint density at radius 2 is 2.05 bits per heavy atom. The van der Waals surface area contributed by atoms with Crippen molar-refractivity contribution in [3.05, 3.63) is 28.5 Å². The Bertz CT molecular complexity index is 589. The molecule has 1 saturated heterocycles. The lowest BCUT2D eigenvalue weighted by Crippen LogP contribution is -2.39. The number of hydrogen-bond donors (Lipinski definition) is 1. The molecule has 2 rings (SSSR count). The molecule has 0 aromatic heterocycles.